The summed E-state index contributed by atoms with van der Waals surface area (Å²) in [6.45, 7) is 0. The van der Waals surface area contributed by atoms with Gasteiger partial charge in [-0.25, -0.2) is 0 Å². The van der Waals surface area contributed by atoms with Gasteiger partial charge in [-0.2, -0.15) is 0 Å². The van der Waals surface area contributed by atoms with Crippen molar-refractivity contribution in [3.05, 3.63) is 128 Å². The quantitative estimate of drug-likeness (QED) is 0.175. The number of halogens is 2. The third-order valence-corrected chi connectivity index (χ3v) is 6.59. The predicted octanol–water partition coefficient (Wildman–Crippen LogP) is 8.32. The van der Waals surface area contributed by atoms with Gasteiger partial charge in [-0.1, -0.05) is 84.3 Å². The molecule has 5 rings (SSSR count). The number of hydrogen-bond donors (Lipinski definition) is 0. The van der Waals surface area contributed by atoms with Gasteiger partial charge in [-0.05, 0) is 89.8 Å². The molecule has 0 radical (unpaired) electrons. The highest BCUT2D eigenvalue weighted by molar-refractivity contribution is 9.11. The molecule has 0 atom stereocenters. The van der Waals surface area contributed by atoms with E-state index < -0.39 is 0 Å². The lowest BCUT2D eigenvalue weighted by Gasteiger charge is -2.04. The van der Waals surface area contributed by atoms with Crippen molar-refractivity contribution in [2.75, 3.05) is 0 Å². The first-order chi connectivity index (χ1) is 15.7. The lowest BCUT2D eigenvalue weighted by Crippen LogP contribution is -1.89. The van der Waals surface area contributed by atoms with E-state index in [1.54, 1.807) is 0 Å². The Bertz CT molecular complexity index is 1480. The molecular formula is C30H16Br2. The second-order valence-electron chi connectivity index (χ2n) is 7.40. The summed E-state index contributed by atoms with van der Waals surface area (Å²) in [5.74, 6) is 13.3. The molecule has 0 saturated carbocycles. The minimum absolute atomic E-state index is 0.876. The molecule has 0 nitrogen and oxygen atoms in total. The van der Waals surface area contributed by atoms with Crippen molar-refractivity contribution in [1.29, 1.82) is 0 Å². The van der Waals surface area contributed by atoms with Crippen molar-refractivity contribution in [1.82, 2.24) is 0 Å². The maximum Gasteiger partial charge on any atom is 0.0559 e. The van der Waals surface area contributed by atoms with Crippen LogP contribution in [-0.2, 0) is 0 Å². The Kier molecular flexibility index (Phi) is 5.83. The standard InChI is InChI=1S/C30H16Br2/c31-29-17-18-30(32)28(16-12-22-10-14-24-6-2-4-8-26(24)20-22)27(29)15-11-21-9-13-23-5-1-3-7-25(23)19-21/h1-10,13-14,17-20H. The van der Waals surface area contributed by atoms with E-state index in [9.17, 15) is 0 Å². The SMILES string of the molecule is Brc1ccc(Br)c(C#Cc2ccc3ccccc3c2)c1C#Cc1ccc2ccccc2c1. The Balaban J connectivity index is 1.55. The van der Waals surface area contributed by atoms with Gasteiger partial charge in [0.05, 0.1) is 11.1 Å². The second-order valence-corrected chi connectivity index (χ2v) is 9.11. The first-order valence-electron chi connectivity index (χ1n) is 10.2. The third kappa shape index (κ3) is 4.35. The molecule has 0 bridgehead atoms. The van der Waals surface area contributed by atoms with E-state index in [1.165, 1.54) is 21.5 Å². The molecule has 0 fully saturated rings. The average molecular weight is 536 g/mol. The summed E-state index contributed by atoms with van der Waals surface area (Å²) in [6, 6.07) is 33.2. The lowest BCUT2D eigenvalue weighted by molar-refractivity contribution is 1.50. The van der Waals surface area contributed by atoms with Gasteiger partial charge in [-0.15, -0.1) is 0 Å². The van der Waals surface area contributed by atoms with Crippen LogP contribution in [-0.4, -0.2) is 0 Å². The maximum absolute atomic E-state index is 3.66. The largest absolute Gasteiger partial charge is 0.0616 e. The molecule has 150 valence electrons. The Morgan fingerprint density at radius 2 is 0.812 bits per heavy atom. The molecule has 0 aliphatic carbocycles. The molecule has 0 saturated heterocycles. The summed E-state index contributed by atoms with van der Waals surface area (Å²) in [4.78, 5) is 0. The normalized spacial score (nSPS) is 10.3. The zero-order chi connectivity index (χ0) is 21.9. The van der Waals surface area contributed by atoms with Crippen LogP contribution in [0.1, 0.15) is 22.3 Å². The van der Waals surface area contributed by atoms with Crippen LogP contribution in [0.3, 0.4) is 0 Å². The zero-order valence-corrected chi connectivity index (χ0v) is 20.2. The molecule has 0 aromatic heterocycles. The van der Waals surface area contributed by atoms with Crippen LogP contribution >= 0.6 is 31.9 Å². The molecule has 0 amide bonds. The van der Waals surface area contributed by atoms with Crippen LogP contribution in [0.15, 0.2) is 106 Å². The zero-order valence-electron chi connectivity index (χ0n) is 17.0. The molecule has 0 aliphatic rings. The first-order valence-corrected chi connectivity index (χ1v) is 11.8. The minimum atomic E-state index is 0.876. The molecule has 5 aromatic rings. The summed E-state index contributed by atoms with van der Waals surface area (Å²) in [5, 5.41) is 4.79. The molecule has 0 N–H and O–H groups in total. The average Bonchev–Trinajstić information content (AvgIpc) is 2.83. The summed E-state index contributed by atoms with van der Waals surface area (Å²) >= 11 is 7.32. The summed E-state index contributed by atoms with van der Waals surface area (Å²) in [7, 11) is 0. The van der Waals surface area contributed by atoms with E-state index in [-0.39, 0.29) is 0 Å². The van der Waals surface area contributed by atoms with Crippen molar-refractivity contribution in [2.45, 2.75) is 0 Å². The summed E-state index contributed by atoms with van der Waals surface area (Å²) in [5.41, 5.74) is 3.70. The van der Waals surface area contributed by atoms with E-state index in [2.05, 4.69) is 116 Å². The van der Waals surface area contributed by atoms with Crippen molar-refractivity contribution in [3.63, 3.8) is 0 Å². The van der Waals surface area contributed by atoms with Crippen LogP contribution < -0.4 is 0 Å². The van der Waals surface area contributed by atoms with E-state index in [1.807, 2.05) is 36.4 Å². The fourth-order valence-electron chi connectivity index (χ4n) is 3.60. The maximum atomic E-state index is 3.66. The fourth-order valence-corrected chi connectivity index (χ4v) is 4.46. The van der Waals surface area contributed by atoms with Crippen molar-refractivity contribution < 1.29 is 0 Å². The molecule has 0 unspecified atom stereocenters. The Morgan fingerprint density at radius 1 is 0.406 bits per heavy atom. The third-order valence-electron chi connectivity index (χ3n) is 5.27. The monoisotopic (exact) mass is 534 g/mol. The van der Waals surface area contributed by atoms with E-state index in [4.69, 9.17) is 0 Å². The highest BCUT2D eigenvalue weighted by Crippen LogP contribution is 2.27. The highest BCUT2D eigenvalue weighted by atomic mass is 79.9. The lowest BCUT2D eigenvalue weighted by atomic mass is 10.0. The Hall–Kier alpha value is -3.30. The number of rotatable bonds is 0. The van der Waals surface area contributed by atoms with Crippen LogP contribution in [0.25, 0.3) is 21.5 Å². The van der Waals surface area contributed by atoms with Crippen LogP contribution in [0.4, 0.5) is 0 Å². The minimum Gasteiger partial charge on any atom is -0.0616 e. The molecule has 0 spiro atoms. The molecule has 0 aliphatic heterocycles. The molecular weight excluding hydrogens is 520 g/mol. The summed E-state index contributed by atoms with van der Waals surface area (Å²) < 4.78 is 1.86. The first kappa shape index (κ1) is 20.6. The number of fused-ring (bicyclic) bond motifs is 2. The van der Waals surface area contributed by atoms with Gasteiger partial charge in [0.2, 0.25) is 0 Å². The van der Waals surface area contributed by atoms with Gasteiger partial charge in [0.1, 0.15) is 0 Å². The summed E-state index contributed by atoms with van der Waals surface area (Å²) in [6.07, 6.45) is 0. The van der Waals surface area contributed by atoms with Crippen molar-refractivity contribution >= 4 is 53.4 Å². The second kappa shape index (κ2) is 9.05. The Morgan fingerprint density at radius 3 is 1.25 bits per heavy atom. The number of hydrogen-bond acceptors (Lipinski definition) is 0. The van der Waals surface area contributed by atoms with Gasteiger partial charge in [0.15, 0.2) is 0 Å². The number of benzene rings is 5. The smallest absolute Gasteiger partial charge is 0.0559 e. The molecule has 5 aromatic carbocycles. The van der Waals surface area contributed by atoms with E-state index in [0.29, 0.717) is 0 Å². The predicted molar refractivity (Wildman–Crippen MR) is 142 cm³/mol. The highest BCUT2D eigenvalue weighted by Gasteiger charge is 2.07. The van der Waals surface area contributed by atoms with E-state index >= 15 is 0 Å². The Labute approximate surface area is 204 Å². The molecule has 32 heavy (non-hydrogen) atoms. The van der Waals surface area contributed by atoms with Crippen molar-refractivity contribution in [2.24, 2.45) is 0 Å². The fraction of sp³-hybridized carbons (Fsp3) is 0. The van der Waals surface area contributed by atoms with Gasteiger partial charge in [0, 0.05) is 20.1 Å². The molecule has 0 heterocycles. The van der Waals surface area contributed by atoms with Crippen LogP contribution in [0, 0.1) is 23.7 Å². The van der Waals surface area contributed by atoms with Crippen LogP contribution in [0.2, 0.25) is 0 Å². The van der Waals surface area contributed by atoms with Crippen LogP contribution in [0.5, 0.6) is 0 Å². The molecule has 2 heteroatoms. The van der Waals surface area contributed by atoms with Crippen molar-refractivity contribution in [3.8, 4) is 23.7 Å². The van der Waals surface area contributed by atoms with Gasteiger partial charge in [-0.3, -0.25) is 0 Å². The van der Waals surface area contributed by atoms with Gasteiger partial charge in [0.25, 0.3) is 0 Å². The van der Waals surface area contributed by atoms with E-state index in [0.717, 1.165) is 31.2 Å². The van der Waals surface area contributed by atoms with Gasteiger partial charge < -0.3 is 0 Å². The topological polar surface area (TPSA) is 0 Å². The van der Waals surface area contributed by atoms with Gasteiger partial charge >= 0.3 is 0 Å².